The summed E-state index contributed by atoms with van der Waals surface area (Å²) in [7, 11) is 0. The van der Waals surface area contributed by atoms with Gasteiger partial charge in [0.1, 0.15) is 0 Å². The predicted octanol–water partition coefficient (Wildman–Crippen LogP) is 2.20. The molecule has 3 nitrogen and oxygen atoms in total. The zero-order valence-electron chi connectivity index (χ0n) is 10.7. The Bertz CT molecular complexity index is 323. The van der Waals surface area contributed by atoms with Crippen LogP contribution in [-0.2, 0) is 0 Å². The fourth-order valence-corrected chi connectivity index (χ4v) is 2.75. The van der Waals surface area contributed by atoms with E-state index < -0.39 is 0 Å². The van der Waals surface area contributed by atoms with Gasteiger partial charge < -0.3 is 5.73 Å². The molecular weight excluding hydrogens is 210 g/mol. The fraction of sp³-hybridized carbons (Fsp3) is 0.643. The van der Waals surface area contributed by atoms with Crippen LogP contribution in [0.1, 0.15) is 37.8 Å². The molecule has 1 aliphatic heterocycles. The van der Waals surface area contributed by atoms with Crippen molar-refractivity contribution >= 4 is 0 Å². The summed E-state index contributed by atoms with van der Waals surface area (Å²) in [5.41, 5.74) is 6.98. The molecule has 1 aliphatic rings. The molecule has 0 spiro atoms. The van der Waals surface area contributed by atoms with Gasteiger partial charge in [0, 0.05) is 25.0 Å². The third-order valence-corrected chi connectivity index (χ3v) is 3.84. The lowest BCUT2D eigenvalue weighted by atomic mass is 9.93. The first kappa shape index (κ1) is 12.5. The molecule has 0 aromatic carbocycles. The number of pyridine rings is 1. The van der Waals surface area contributed by atoms with E-state index in [-0.39, 0.29) is 0 Å². The monoisotopic (exact) mass is 233 g/mol. The Morgan fingerprint density at radius 3 is 3.18 bits per heavy atom. The quantitative estimate of drug-likeness (QED) is 0.867. The van der Waals surface area contributed by atoms with Crippen LogP contribution in [0.3, 0.4) is 0 Å². The van der Waals surface area contributed by atoms with Crippen molar-refractivity contribution in [2.24, 2.45) is 11.7 Å². The second-order valence-corrected chi connectivity index (χ2v) is 5.04. The Morgan fingerprint density at radius 2 is 2.47 bits per heavy atom. The second kappa shape index (κ2) is 6.12. The molecule has 1 fully saturated rings. The SMILES string of the molecule is CC(c1cccnc1)N1CCCC(CCN)C1. The molecule has 17 heavy (non-hydrogen) atoms. The molecular formula is C14H23N3. The number of hydrogen-bond acceptors (Lipinski definition) is 3. The highest BCUT2D eigenvalue weighted by atomic mass is 15.2. The van der Waals surface area contributed by atoms with Crippen molar-refractivity contribution in [2.45, 2.75) is 32.2 Å². The summed E-state index contributed by atoms with van der Waals surface area (Å²) in [6.45, 7) is 5.49. The van der Waals surface area contributed by atoms with Crippen molar-refractivity contribution in [3.05, 3.63) is 30.1 Å². The maximum atomic E-state index is 5.66. The van der Waals surface area contributed by atoms with Crippen molar-refractivity contribution in [3.63, 3.8) is 0 Å². The van der Waals surface area contributed by atoms with Gasteiger partial charge in [0.05, 0.1) is 0 Å². The third-order valence-electron chi connectivity index (χ3n) is 3.84. The van der Waals surface area contributed by atoms with E-state index in [2.05, 4.69) is 22.9 Å². The Balaban J connectivity index is 1.97. The Hall–Kier alpha value is -0.930. The number of likely N-dealkylation sites (tertiary alicyclic amines) is 1. The lowest BCUT2D eigenvalue weighted by molar-refractivity contribution is 0.128. The number of hydrogen-bond donors (Lipinski definition) is 1. The second-order valence-electron chi connectivity index (χ2n) is 5.04. The Labute approximate surface area is 104 Å². The molecule has 0 saturated carbocycles. The molecule has 2 atom stereocenters. The van der Waals surface area contributed by atoms with E-state index in [1.165, 1.54) is 31.5 Å². The minimum atomic E-state index is 0.476. The van der Waals surface area contributed by atoms with Crippen LogP contribution in [-0.4, -0.2) is 29.5 Å². The first-order valence-corrected chi connectivity index (χ1v) is 6.65. The van der Waals surface area contributed by atoms with Crippen LogP contribution < -0.4 is 5.73 Å². The minimum Gasteiger partial charge on any atom is -0.330 e. The molecule has 2 N–H and O–H groups in total. The number of aromatic nitrogens is 1. The highest BCUT2D eigenvalue weighted by Gasteiger charge is 2.23. The van der Waals surface area contributed by atoms with Gasteiger partial charge >= 0.3 is 0 Å². The lowest BCUT2D eigenvalue weighted by Crippen LogP contribution is -2.37. The number of nitrogens with zero attached hydrogens (tertiary/aromatic N) is 2. The standard InChI is InChI=1S/C14H23N3/c1-12(14-5-2-8-16-10-14)17-9-3-4-13(11-17)6-7-15/h2,5,8,10,12-13H,3-4,6-7,9,11,15H2,1H3. The molecule has 0 radical (unpaired) electrons. The average Bonchev–Trinajstić information content (AvgIpc) is 2.40. The molecule has 0 amide bonds. The van der Waals surface area contributed by atoms with Crippen LogP contribution in [0.25, 0.3) is 0 Å². The number of piperidine rings is 1. The van der Waals surface area contributed by atoms with E-state index in [0.717, 1.165) is 18.9 Å². The third kappa shape index (κ3) is 3.27. The molecule has 2 rings (SSSR count). The van der Waals surface area contributed by atoms with Gasteiger partial charge in [-0.05, 0) is 56.8 Å². The van der Waals surface area contributed by atoms with Gasteiger partial charge in [-0.15, -0.1) is 0 Å². The number of rotatable bonds is 4. The van der Waals surface area contributed by atoms with Gasteiger partial charge in [-0.2, -0.15) is 0 Å². The predicted molar refractivity (Wildman–Crippen MR) is 70.6 cm³/mol. The fourth-order valence-electron chi connectivity index (χ4n) is 2.75. The van der Waals surface area contributed by atoms with E-state index in [1.807, 2.05) is 18.5 Å². The first-order chi connectivity index (χ1) is 8.31. The van der Waals surface area contributed by atoms with Gasteiger partial charge in [-0.25, -0.2) is 0 Å². The summed E-state index contributed by atoms with van der Waals surface area (Å²) in [5, 5.41) is 0. The molecule has 0 aliphatic carbocycles. The first-order valence-electron chi connectivity index (χ1n) is 6.65. The molecule has 0 bridgehead atoms. The van der Waals surface area contributed by atoms with E-state index in [9.17, 15) is 0 Å². The van der Waals surface area contributed by atoms with Gasteiger partial charge in [0.15, 0.2) is 0 Å². The van der Waals surface area contributed by atoms with Gasteiger partial charge in [0.2, 0.25) is 0 Å². The van der Waals surface area contributed by atoms with Crippen molar-refractivity contribution in [1.82, 2.24) is 9.88 Å². The van der Waals surface area contributed by atoms with Crippen LogP contribution in [0, 0.1) is 5.92 Å². The average molecular weight is 233 g/mol. The summed E-state index contributed by atoms with van der Waals surface area (Å²) >= 11 is 0. The summed E-state index contributed by atoms with van der Waals surface area (Å²) in [5.74, 6) is 0.785. The van der Waals surface area contributed by atoms with Crippen LogP contribution in [0.5, 0.6) is 0 Å². The van der Waals surface area contributed by atoms with Crippen molar-refractivity contribution in [2.75, 3.05) is 19.6 Å². The highest BCUT2D eigenvalue weighted by molar-refractivity contribution is 5.13. The number of nitrogens with two attached hydrogens (primary N) is 1. The van der Waals surface area contributed by atoms with Crippen LogP contribution in [0.2, 0.25) is 0 Å². The molecule has 1 saturated heterocycles. The largest absolute Gasteiger partial charge is 0.330 e. The molecule has 3 heteroatoms. The van der Waals surface area contributed by atoms with Gasteiger partial charge in [-0.1, -0.05) is 6.07 Å². The van der Waals surface area contributed by atoms with Crippen LogP contribution in [0.15, 0.2) is 24.5 Å². The normalized spacial score (nSPS) is 23.5. The van der Waals surface area contributed by atoms with E-state index in [0.29, 0.717) is 6.04 Å². The summed E-state index contributed by atoms with van der Waals surface area (Å²) in [6.07, 6.45) is 7.62. The van der Waals surface area contributed by atoms with Crippen molar-refractivity contribution in [1.29, 1.82) is 0 Å². The van der Waals surface area contributed by atoms with Crippen molar-refractivity contribution < 1.29 is 0 Å². The highest BCUT2D eigenvalue weighted by Crippen LogP contribution is 2.27. The van der Waals surface area contributed by atoms with Crippen LogP contribution in [0.4, 0.5) is 0 Å². The summed E-state index contributed by atoms with van der Waals surface area (Å²) < 4.78 is 0. The van der Waals surface area contributed by atoms with E-state index >= 15 is 0 Å². The van der Waals surface area contributed by atoms with Gasteiger partial charge in [0.25, 0.3) is 0 Å². The minimum absolute atomic E-state index is 0.476. The molecule has 94 valence electrons. The molecule has 1 aromatic rings. The van der Waals surface area contributed by atoms with Crippen molar-refractivity contribution in [3.8, 4) is 0 Å². The van der Waals surface area contributed by atoms with E-state index in [4.69, 9.17) is 5.73 Å². The van der Waals surface area contributed by atoms with Crippen LogP contribution >= 0.6 is 0 Å². The maximum Gasteiger partial charge on any atom is 0.0335 e. The zero-order valence-corrected chi connectivity index (χ0v) is 10.7. The smallest absolute Gasteiger partial charge is 0.0335 e. The summed E-state index contributed by atoms with van der Waals surface area (Å²) in [6, 6.07) is 4.67. The van der Waals surface area contributed by atoms with E-state index in [1.54, 1.807) is 0 Å². The zero-order chi connectivity index (χ0) is 12.1. The molecule has 2 heterocycles. The molecule has 2 unspecified atom stereocenters. The maximum absolute atomic E-state index is 5.66. The Morgan fingerprint density at radius 1 is 1.59 bits per heavy atom. The molecule has 1 aromatic heterocycles. The summed E-state index contributed by atoms with van der Waals surface area (Å²) in [4.78, 5) is 6.78. The Kier molecular flexibility index (Phi) is 4.51. The lowest BCUT2D eigenvalue weighted by Gasteiger charge is -2.36. The van der Waals surface area contributed by atoms with Gasteiger partial charge in [-0.3, -0.25) is 9.88 Å². The topological polar surface area (TPSA) is 42.2 Å².